The van der Waals surface area contributed by atoms with Crippen LogP contribution in [0, 0.1) is 12.7 Å². The predicted molar refractivity (Wildman–Crippen MR) is 105 cm³/mol. The van der Waals surface area contributed by atoms with E-state index in [9.17, 15) is 14.3 Å². The second kappa shape index (κ2) is 9.21. The van der Waals surface area contributed by atoms with Gasteiger partial charge in [0, 0.05) is 18.7 Å². The van der Waals surface area contributed by atoms with Gasteiger partial charge in [0.1, 0.15) is 12.5 Å². The largest absolute Gasteiger partial charge is 0.376 e. The molecule has 3 rings (SSSR count). The fourth-order valence-electron chi connectivity index (χ4n) is 3.26. The summed E-state index contributed by atoms with van der Waals surface area (Å²) >= 11 is 6.08. The van der Waals surface area contributed by atoms with E-state index < -0.39 is 5.82 Å². The Labute approximate surface area is 168 Å². The number of hydrogen-bond donors (Lipinski definition) is 2. The van der Waals surface area contributed by atoms with Crippen molar-refractivity contribution in [3.63, 3.8) is 0 Å². The monoisotopic (exact) mass is 407 g/mol. The van der Waals surface area contributed by atoms with Gasteiger partial charge in [-0.3, -0.25) is 4.79 Å². The summed E-state index contributed by atoms with van der Waals surface area (Å²) in [4.78, 5) is 13.8. The van der Waals surface area contributed by atoms with Crippen molar-refractivity contribution in [3.8, 4) is 0 Å². The number of benzene rings is 1. The quantitative estimate of drug-likeness (QED) is 0.538. The van der Waals surface area contributed by atoms with Crippen LogP contribution in [0.3, 0.4) is 0 Å². The first-order chi connectivity index (χ1) is 13.5. The molecule has 0 fully saturated rings. The van der Waals surface area contributed by atoms with E-state index in [1.54, 1.807) is 24.0 Å². The molecule has 2 aromatic rings. The van der Waals surface area contributed by atoms with Crippen LogP contribution >= 0.6 is 11.6 Å². The minimum atomic E-state index is -0.407. The van der Waals surface area contributed by atoms with Gasteiger partial charge in [-0.2, -0.15) is 0 Å². The summed E-state index contributed by atoms with van der Waals surface area (Å²) in [6.45, 7) is 2.14. The topological polar surface area (TPSA) is 78.6 Å². The molecular weight excluding hydrogens is 385 g/mol. The van der Waals surface area contributed by atoms with Gasteiger partial charge < -0.3 is 19.8 Å². The van der Waals surface area contributed by atoms with Crippen molar-refractivity contribution in [2.45, 2.75) is 38.6 Å². The fraction of sp³-hybridized carbons (Fsp3) is 0.400. The van der Waals surface area contributed by atoms with Gasteiger partial charge in [-0.05, 0) is 50.8 Å². The Kier molecular flexibility index (Phi) is 6.70. The lowest BCUT2D eigenvalue weighted by Gasteiger charge is -2.26. The minimum Gasteiger partial charge on any atom is -0.376 e. The Morgan fingerprint density at radius 1 is 1.46 bits per heavy atom. The maximum absolute atomic E-state index is 13.2. The van der Waals surface area contributed by atoms with Gasteiger partial charge in [-0.1, -0.05) is 28.4 Å². The molecule has 0 bridgehead atoms. The number of rotatable bonds is 7. The van der Waals surface area contributed by atoms with E-state index in [4.69, 9.17) is 16.1 Å². The summed E-state index contributed by atoms with van der Waals surface area (Å²) in [5, 5.41) is 16.6. The van der Waals surface area contributed by atoms with Gasteiger partial charge in [0.25, 0.3) is 5.91 Å². The van der Waals surface area contributed by atoms with Gasteiger partial charge in [0.15, 0.2) is 0 Å². The number of aryl methyl sites for hydroxylation is 1. The maximum Gasteiger partial charge on any atom is 0.290 e. The normalized spacial score (nSPS) is 16.6. The summed E-state index contributed by atoms with van der Waals surface area (Å²) in [5.74, 6) is -0.433. The highest BCUT2D eigenvalue weighted by Gasteiger charge is 2.20. The standard InChI is InChI=1S/C20H23ClFN3O3/c1-13-10-19(28-24-13)20(27)23-16-5-2-14(3-6-16)8-9-25(12-26)18-7-4-15(22)11-17(18)21/h2,4,7,10-11,16,26H,3,5-6,8-9,12H2,1H3,(H,23,27)/t16-/m0/s1. The van der Waals surface area contributed by atoms with Crippen LogP contribution in [0.15, 0.2) is 40.4 Å². The molecule has 0 aliphatic heterocycles. The summed E-state index contributed by atoms with van der Waals surface area (Å²) in [5.41, 5.74) is 2.54. The van der Waals surface area contributed by atoms with E-state index in [2.05, 4.69) is 16.5 Å². The lowest BCUT2D eigenvalue weighted by molar-refractivity contribution is 0.0897. The Morgan fingerprint density at radius 3 is 2.89 bits per heavy atom. The molecule has 8 heteroatoms. The van der Waals surface area contributed by atoms with Crippen molar-refractivity contribution < 1.29 is 18.8 Å². The van der Waals surface area contributed by atoms with Crippen LogP contribution in [-0.4, -0.2) is 35.5 Å². The van der Waals surface area contributed by atoms with Gasteiger partial charge in [0.05, 0.1) is 16.4 Å². The molecule has 150 valence electrons. The Morgan fingerprint density at radius 2 is 2.29 bits per heavy atom. The molecule has 0 unspecified atom stereocenters. The highest BCUT2D eigenvalue weighted by molar-refractivity contribution is 6.33. The molecule has 1 aromatic heterocycles. The molecule has 1 atom stereocenters. The van der Waals surface area contributed by atoms with Crippen LogP contribution in [0.2, 0.25) is 5.02 Å². The first-order valence-electron chi connectivity index (χ1n) is 9.19. The zero-order chi connectivity index (χ0) is 20.1. The fourth-order valence-corrected chi connectivity index (χ4v) is 3.54. The van der Waals surface area contributed by atoms with Crippen molar-refractivity contribution in [1.29, 1.82) is 0 Å². The predicted octanol–water partition coefficient (Wildman–Crippen LogP) is 3.83. The third kappa shape index (κ3) is 5.11. The molecule has 1 aliphatic rings. The summed E-state index contributed by atoms with van der Waals surface area (Å²) < 4.78 is 18.2. The Bertz CT molecular complexity index is 868. The van der Waals surface area contributed by atoms with Crippen molar-refractivity contribution in [2.75, 3.05) is 18.2 Å². The molecule has 6 nitrogen and oxygen atoms in total. The van der Waals surface area contributed by atoms with E-state index in [0.717, 1.165) is 25.7 Å². The van der Waals surface area contributed by atoms with Crippen LogP contribution in [0.1, 0.15) is 41.9 Å². The number of carbonyl (C=O) groups is 1. The zero-order valence-corrected chi connectivity index (χ0v) is 16.4. The lowest BCUT2D eigenvalue weighted by Crippen LogP contribution is -2.35. The molecule has 28 heavy (non-hydrogen) atoms. The number of aliphatic hydroxyl groups is 1. The Hall–Kier alpha value is -2.38. The molecule has 2 N–H and O–H groups in total. The van der Waals surface area contributed by atoms with Crippen molar-refractivity contribution in [3.05, 3.63) is 58.2 Å². The SMILES string of the molecule is Cc1cc(C(=O)N[C@H]2CC=C(CCN(CO)c3ccc(F)cc3Cl)CC2)on1. The zero-order valence-electron chi connectivity index (χ0n) is 15.6. The van der Waals surface area contributed by atoms with Gasteiger partial charge in [0.2, 0.25) is 5.76 Å². The van der Waals surface area contributed by atoms with Crippen LogP contribution in [0.5, 0.6) is 0 Å². The number of anilines is 1. The number of hydrogen-bond acceptors (Lipinski definition) is 5. The molecule has 1 aromatic carbocycles. The highest BCUT2D eigenvalue weighted by Crippen LogP contribution is 2.28. The van der Waals surface area contributed by atoms with E-state index in [-0.39, 0.29) is 29.5 Å². The van der Waals surface area contributed by atoms with E-state index >= 15 is 0 Å². The third-order valence-corrected chi connectivity index (χ3v) is 5.12. The first-order valence-corrected chi connectivity index (χ1v) is 9.57. The summed E-state index contributed by atoms with van der Waals surface area (Å²) in [7, 11) is 0. The molecule has 0 spiro atoms. The molecule has 0 saturated carbocycles. The molecule has 1 aliphatic carbocycles. The van der Waals surface area contributed by atoms with Crippen molar-refractivity contribution >= 4 is 23.2 Å². The van der Waals surface area contributed by atoms with Gasteiger partial charge >= 0.3 is 0 Å². The number of aliphatic hydroxyl groups excluding tert-OH is 1. The number of halogens is 2. The molecule has 0 saturated heterocycles. The van der Waals surface area contributed by atoms with Crippen molar-refractivity contribution in [2.24, 2.45) is 0 Å². The third-order valence-electron chi connectivity index (χ3n) is 4.82. The average molecular weight is 408 g/mol. The molecule has 1 amide bonds. The van der Waals surface area contributed by atoms with Gasteiger partial charge in [-0.25, -0.2) is 4.39 Å². The minimum absolute atomic E-state index is 0.0575. The summed E-state index contributed by atoms with van der Waals surface area (Å²) in [6.07, 6.45) is 5.32. The number of carbonyl (C=O) groups excluding carboxylic acids is 1. The highest BCUT2D eigenvalue weighted by atomic mass is 35.5. The number of aromatic nitrogens is 1. The Balaban J connectivity index is 1.51. The second-order valence-electron chi connectivity index (χ2n) is 6.89. The first kappa shape index (κ1) is 20.4. The van der Waals surface area contributed by atoms with E-state index in [1.165, 1.54) is 17.7 Å². The number of nitrogens with zero attached hydrogens (tertiary/aromatic N) is 2. The van der Waals surface area contributed by atoms with Gasteiger partial charge in [-0.15, -0.1) is 0 Å². The molecule has 0 radical (unpaired) electrons. The van der Waals surface area contributed by atoms with E-state index in [0.29, 0.717) is 17.9 Å². The molecular formula is C20H23ClFN3O3. The average Bonchev–Trinajstić information content (AvgIpc) is 3.11. The number of amides is 1. The number of nitrogens with one attached hydrogen (secondary N) is 1. The van der Waals surface area contributed by atoms with E-state index in [1.807, 2.05) is 0 Å². The lowest BCUT2D eigenvalue weighted by atomic mass is 9.93. The van der Waals surface area contributed by atoms with Crippen LogP contribution in [0.25, 0.3) is 0 Å². The molecule has 1 heterocycles. The second-order valence-corrected chi connectivity index (χ2v) is 7.30. The van der Waals surface area contributed by atoms with Crippen LogP contribution < -0.4 is 10.2 Å². The van der Waals surface area contributed by atoms with Crippen LogP contribution in [-0.2, 0) is 0 Å². The maximum atomic E-state index is 13.2. The smallest absolute Gasteiger partial charge is 0.290 e. The van der Waals surface area contributed by atoms with Crippen molar-refractivity contribution in [1.82, 2.24) is 10.5 Å². The van der Waals surface area contributed by atoms with Crippen LogP contribution in [0.4, 0.5) is 10.1 Å². The summed E-state index contributed by atoms with van der Waals surface area (Å²) in [6, 6.07) is 5.81.